The monoisotopic (exact) mass is 282 g/mol. The summed E-state index contributed by atoms with van der Waals surface area (Å²) in [5.74, 6) is 0.680. The van der Waals surface area contributed by atoms with Crippen molar-refractivity contribution < 1.29 is 9.53 Å². The van der Waals surface area contributed by atoms with E-state index < -0.39 is 0 Å². The SMILES string of the molecule is COc1ncccc1[C@H]1CCCN1C(=O)c1ccccc1. The maximum absolute atomic E-state index is 12.7. The van der Waals surface area contributed by atoms with Crippen LogP contribution in [-0.2, 0) is 0 Å². The van der Waals surface area contributed by atoms with Crippen LogP contribution in [0, 0.1) is 0 Å². The molecule has 1 aliphatic heterocycles. The Hall–Kier alpha value is -2.36. The Morgan fingerprint density at radius 2 is 2.05 bits per heavy atom. The number of ether oxygens (including phenoxy) is 1. The number of nitrogens with zero attached hydrogens (tertiary/aromatic N) is 2. The van der Waals surface area contributed by atoms with E-state index >= 15 is 0 Å². The van der Waals surface area contributed by atoms with Crippen LogP contribution >= 0.6 is 0 Å². The molecule has 2 aromatic rings. The van der Waals surface area contributed by atoms with Crippen LogP contribution in [0.3, 0.4) is 0 Å². The third-order valence-corrected chi connectivity index (χ3v) is 3.89. The topological polar surface area (TPSA) is 42.4 Å². The number of hydrogen-bond donors (Lipinski definition) is 0. The molecule has 0 saturated carbocycles. The Kier molecular flexibility index (Phi) is 3.86. The van der Waals surface area contributed by atoms with Crippen LogP contribution in [0.4, 0.5) is 0 Å². The number of benzene rings is 1. The van der Waals surface area contributed by atoms with Gasteiger partial charge >= 0.3 is 0 Å². The van der Waals surface area contributed by atoms with Crippen molar-refractivity contribution in [2.45, 2.75) is 18.9 Å². The van der Waals surface area contributed by atoms with E-state index in [1.807, 2.05) is 47.4 Å². The molecule has 0 aliphatic carbocycles. The van der Waals surface area contributed by atoms with Gasteiger partial charge in [-0.15, -0.1) is 0 Å². The Bertz CT molecular complexity index is 628. The average molecular weight is 282 g/mol. The minimum absolute atomic E-state index is 0.0429. The normalized spacial score (nSPS) is 17.8. The highest BCUT2D eigenvalue weighted by atomic mass is 16.5. The van der Waals surface area contributed by atoms with Crippen molar-refractivity contribution >= 4 is 5.91 Å². The zero-order chi connectivity index (χ0) is 14.7. The van der Waals surface area contributed by atoms with Crippen molar-refractivity contribution in [2.24, 2.45) is 0 Å². The van der Waals surface area contributed by atoms with Crippen LogP contribution in [0.1, 0.15) is 34.8 Å². The van der Waals surface area contributed by atoms with Crippen molar-refractivity contribution in [3.05, 3.63) is 59.8 Å². The second kappa shape index (κ2) is 5.95. The van der Waals surface area contributed by atoms with Crippen LogP contribution < -0.4 is 4.74 Å². The molecule has 4 nitrogen and oxygen atoms in total. The molecule has 2 heterocycles. The molecule has 1 atom stereocenters. The molecule has 0 N–H and O–H groups in total. The molecule has 0 bridgehead atoms. The number of rotatable bonds is 3. The zero-order valence-electron chi connectivity index (χ0n) is 12.0. The average Bonchev–Trinajstić information content (AvgIpc) is 3.04. The predicted molar refractivity (Wildman–Crippen MR) is 80.2 cm³/mol. The molecule has 1 saturated heterocycles. The minimum Gasteiger partial charge on any atom is -0.481 e. The van der Waals surface area contributed by atoms with Crippen molar-refractivity contribution in [1.82, 2.24) is 9.88 Å². The fraction of sp³-hybridized carbons (Fsp3) is 0.294. The van der Waals surface area contributed by atoms with Gasteiger partial charge in [0.25, 0.3) is 5.91 Å². The van der Waals surface area contributed by atoms with Gasteiger partial charge in [-0.2, -0.15) is 0 Å². The number of hydrogen-bond acceptors (Lipinski definition) is 3. The fourth-order valence-electron chi connectivity index (χ4n) is 2.91. The molecule has 1 fully saturated rings. The first kappa shape index (κ1) is 13.6. The van der Waals surface area contributed by atoms with E-state index in [2.05, 4.69) is 4.98 Å². The van der Waals surface area contributed by atoms with Gasteiger partial charge in [0.2, 0.25) is 5.88 Å². The Balaban J connectivity index is 1.91. The van der Waals surface area contributed by atoms with Gasteiger partial charge in [0, 0.05) is 23.9 Å². The lowest BCUT2D eigenvalue weighted by Crippen LogP contribution is -2.30. The molecule has 0 unspecified atom stereocenters. The predicted octanol–water partition coefficient (Wildman–Crippen LogP) is 3.07. The summed E-state index contributed by atoms with van der Waals surface area (Å²) in [5, 5.41) is 0. The van der Waals surface area contributed by atoms with Gasteiger partial charge in [0.1, 0.15) is 0 Å². The van der Waals surface area contributed by atoms with Crippen LogP contribution in [0.2, 0.25) is 0 Å². The summed E-state index contributed by atoms with van der Waals surface area (Å²) < 4.78 is 5.34. The lowest BCUT2D eigenvalue weighted by atomic mass is 10.1. The standard InChI is InChI=1S/C17H18N2O2/c1-21-16-14(9-5-11-18-16)15-10-6-12-19(15)17(20)13-7-3-2-4-8-13/h2-5,7-9,11,15H,6,10,12H2,1H3/t15-/m1/s1. The molecule has 4 heteroatoms. The van der Waals surface area contributed by atoms with Crippen molar-refractivity contribution in [1.29, 1.82) is 0 Å². The van der Waals surface area contributed by atoms with E-state index in [0.29, 0.717) is 5.88 Å². The molecule has 0 radical (unpaired) electrons. The summed E-state index contributed by atoms with van der Waals surface area (Å²) in [5.41, 5.74) is 1.72. The lowest BCUT2D eigenvalue weighted by Gasteiger charge is -2.26. The smallest absolute Gasteiger partial charge is 0.254 e. The van der Waals surface area contributed by atoms with Crippen molar-refractivity contribution in [2.75, 3.05) is 13.7 Å². The molecule has 3 rings (SSSR count). The van der Waals surface area contributed by atoms with Gasteiger partial charge in [0.15, 0.2) is 0 Å². The number of carbonyl (C=O) groups excluding carboxylic acids is 1. The van der Waals surface area contributed by atoms with E-state index in [4.69, 9.17) is 4.74 Å². The summed E-state index contributed by atoms with van der Waals surface area (Å²) in [7, 11) is 1.62. The van der Waals surface area contributed by atoms with E-state index in [-0.39, 0.29) is 11.9 Å². The summed E-state index contributed by atoms with van der Waals surface area (Å²) in [6.07, 6.45) is 3.66. The van der Waals surface area contributed by atoms with E-state index in [1.54, 1.807) is 13.3 Å². The van der Waals surface area contributed by atoms with Gasteiger partial charge in [-0.05, 0) is 31.0 Å². The van der Waals surface area contributed by atoms with Crippen LogP contribution in [0.5, 0.6) is 5.88 Å². The summed E-state index contributed by atoms with van der Waals surface area (Å²) in [4.78, 5) is 18.9. The summed E-state index contributed by atoms with van der Waals surface area (Å²) in [6, 6.07) is 13.3. The van der Waals surface area contributed by atoms with Gasteiger partial charge in [-0.25, -0.2) is 4.98 Å². The molecule has 1 aromatic heterocycles. The largest absolute Gasteiger partial charge is 0.481 e. The highest BCUT2D eigenvalue weighted by molar-refractivity contribution is 5.94. The van der Waals surface area contributed by atoms with Gasteiger partial charge in [0.05, 0.1) is 13.2 Å². The Labute approximate surface area is 124 Å². The van der Waals surface area contributed by atoms with Gasteiger partial charge in [-0.3, -0.25) is 4.79 Å². The minimum atomic E-state index is 0.0429. The number of likely N-dealkylation sites (tertiary alicyclic amines) is 1. The second-order valence-electron chi connectivity index (χ2n) is 5.12. The van der Waals surface area contributed by atoms with Crippen LogP contribution in [0.15, 0.2) is 48.7 Å². The third kappa shape index (κ3) is 2.61. The summed E-state index contributed by atoms with van der Waals surface area (Å²) in [6.45, 7) is 0.774. The fourth-order valence-corrected chi connectivity index (χ4v) is 2.91. The number of aromatic nitrogens is 1. The first-order valence-electron chi connectivity index (χ1n) is 7.16. The molecular formula is C17H18N2O2. The first-order chi connectivity index (χ1) is 10.3. The molecule has 1 aromatic carbocycles. The number of methoxy groups -OCH3 is 1. The zero-order valence-corrected chi connectivity index (χ0v) is 12.0. The molecule has 1 aliphatic rings. The second-order valence-corrected chi connectivity index (χ2v) is 5.12. The number of carbonyl (C=O) groups is 1. The highest BCUT2D eigenvalue weighted by Crippen LogP contribution is 2.36. The Morgan fingerprint density at radius 3 is 2.81 bits per heavy atom. The molecule has 1 amide bonds. The quantitative estimate of drug-likeness (QED) is 0.869. The lowest BCUT2D eigenvalue weighted by molar-refractivity contribution is 0.0734. The highest BCUT2D eigenvalue weighted by Gasteiger charge is 2.32. The Morgan fingerprint density at radius 1 is 1.24 bits per heavy atom. The molecule has 108 valence electrons. The maximum atomic E-state index is 12.7. The van der Waals surface area contributed by atoms with Crippen molar-refractivity contribution in [3.63, 3.8) is 0 Å². The van der Waals surface area contributed by atoms with E-state index in [1.165, 1.54) is 0 Å². The van der Waals surface area contributed by atoms with Gasteiger partial charge < -0.3 is 9.64 Å². The first-order valence-corrected chi connectivity index (χ1v) is 7.16. The molecule has 21 heavy (non-hydrogen) atoms. The van der Waals surface area contributed by atoms with Crippen molar-refractivity contribution in [3.8, 4) is 5.88 Å². The molecular weight excluding hydrogens is 264 g/mol. The third-order valence-electron chi connectivity index (χ3n) is 3.89. The number of pyridine rings is 1. The van der Waals surface area contributed by atoms with E-state index in [9.17, 15) is 4.79 Å². The molecule has 0 spiro atoms. The van der Waals surface area contributed by atoms with E-state index in [0.717, 1.165) is 30.5 Å². The van der Waals surface area contributed by atoms with Crippen LogP contribution in [0.25, 0.3) is 0 Å². The maximum Gasteiger partial charge on any atom is 0.254 e. The van der Waals surface area contributed by atoms with Gasteiger partial charge in [-0.1, -0.05) is 24.3 Å². The summed E-state index contributed by atoms with van der Waals surface area (Å²) >= 11 is 0. The van der Waals surface area contributed by atoms with Crippen LogP contribution in [-0.4, -0.2) is 29.4 Å². The number of amides is 1.